The Hall–Kier alpha value is -5.13. The Kier molecular flexibility index (Phi) is 5.72. The van der Waals surface area contributed by atoms with E-state index in [1.165, 1.54) is 12.2 Å². The van der Waals surface area contributed by atoms with E-state index in [9.17, 15) is 9.59 Å². The maximum absolute atomic E-state index is 13.8. The van der Waals surface area contributed by atoms with Gasteiger partial charge in [0.25, 0.3) is 0 Å². The number of carbonyl (C=O) groups is 2. The number of nitrogens with one attached hydrogen (secondary N) is 1. The van der Waals surface area contributed by atoms with Crippen molar-refractivity contribution in [2.24, 2.45) is 0 Å². The SMILES string of the molecule is O=C1C=C(Cl)c2cc(Oc3ccccc3)c3c4c(cc(Nc5ccccc5)c1c24)C(Oc1ccccc1)=CC3=O. The topological polar surface area (TPSA) is 64.6 Å². The summed E-state index contributed by atoms with van der Waals surface area (Å²) in [6.45, 7) is 0. The monoisotopic (exact) mass is 541 g/mol. The maximum Gasteiger partial charge on any atom is 0.193 e. The lowest BCUT2D eigenvalue weighted by Crippen LogP contribution is -2.16. The third-order valence-electron chi connectivity index (χ3n) is 6.90. The molecule has 5 nitrogen and oxygen atoms in total. The van der Waals surface area contributed by atoms with E-state index in [4.69, 9.17) is 21.1 Å². The molecule has 5 aromatic carbocycles. The van der Waals surface area contributed by atoms with Gasteiger partial charge in [-0.1, -0.05) is 66.2 Å². The van der Waals surface area contributed by atoms with Crippen molar-refractivity contribution in [2.75, 3.05) is 5.32 Å². The minimum absolute atomic E-state index is 0.252. The van der Waals surface area contributed by atoms with Crippen molar-refractivity contribution < 1.29 is 19.1 Å². The van der Waals surface area contributed by atoms with Crippen LogP contribution in [-0.4, -0.2) is 11.6 Å². The fraction of sp³-hybridized carbons (Fsp3) is 0. The third-order valence-corrected chi connectivity index (χ3v) is 7.21. The summed E-state index contributed by atoms with van der Waals surface area (Å²) in [5.41, 5.74) is 3.43. The van der Waals surface area contributed by atoms with Crippen LogP contribution >= 0.6 is 11.6 Å². The lowest BCUT2D eigenvalue weighted by molar-refractivity contribution is 0.103. The van der Waals surface area contributed by atoms with E-state index < -0.39 is 0 Å². The van der Waals surface area contributed by atoms with Crippen molar-refractivity contribution >= 4 is 56.1 Å². The molecule has 6 heteroatoms. The highest BCUT2D eigenvalue weighted by atomic mass is 35.5. The zero-order valence-electron chi connectivity index (χ0n) is 21.0. The summed E-state index contributed by atoms with van der Waals surface area (Å²) in [4.78, 5) is 27.3. The fourth-order valence-corrected chi connectivity index (χ4v) is 5.45. The molecule has 0 spiro atoms. The first kappa shape index (κ1) is 23.9. The van der Waals surface area contributed by atoms with Gasteiger partial charge in [0, 0.05) is 39.7 Å². The molecule has 0 aromatic heterocycles. The molecule has 40 heavy (non-hydrogen) atoms. The molecule has 0 bridgehead atoms. The van der Waals surface area contributed by atoms with Gasteiger partial charge < -0.3 is 14.8 Å². The Morgan fingerprint density at radius 2 is 1.18 bits per heavy atom. The molecule has 0 aliphatic heterocycles. The molecule has 0 fully saturated rings. The van der Waals surface area contributed by atoms with Gasteiger partial charge in [0.1, 0.15) is 23.0 Å². The largest absolute Gasteiger partial charge is 0.457 e. The van der Waals surface area contributed by atoms with Gasteiger partial charge in [-0.15, -0.1) is 0 Å². The van der Waals surface area contributed by atoms with Gasteiger partial charge in [0.2, 0.25) is 0 Å². The summed E-state index contributed by atoms with van der Waals surface area (Å²) in [5.74, 6) is 1.33. The first-order chi connectivity index (χ1) is 19.6. The molecular formula is C34H20ClNO4. The summed E-state index contributed by atoms with van der Waals surface area (Å²) in [7, 11) is 0. The summed E-state index contributed by atoms with van der Waals surface area (Å²) in [6, 6.07) is 31.7. The third kappa shape index (κ3) is 4.04. The Balaban J connectivity index is 1.53. The Labute approximate surface area is 234 Å². The molecule has 0 radical (unpaired) electrons. The number of rotatable bonds is 6. The van der Waals surface area contributed by atoms with Crippen molar-refractivity contribution in [3.8, 4) is 17.2 Å². The number of halogens is 1. The predicted octanol–water partition coefficient (Wildman–Crippen LogP) is 8.77. The second-order valence-electron chi connectivity index (χ2n) is 9.44. The highest BCUT2D eigenvalue weighted by Gasteiger charge is 2.34. The molecule has 5 aromatic rings. The first-order valence-electron chi connectivity index (χ1n) is 12.7. The van der Waals surface area contributed by atoms with Crippen LogP contribution < -0.4 is 14.8 Å². The lowest BCUT2D eigenvalue weighted by atomic mass is 9.82. The van der Waals surface area contributed by atoms with Crippen molar-refractivity contribution in [3.63, 3.8) is 0 Å². The van der Waals surface area contributed by atoms with E-state index >= 15 is 0 Å². The molecule has 0 heterocycles. The number of para-hydroxylation sites is 3. The van der Waals surface area contributed by atoms with Crippen molar-refractivity contribution in [3.05, 3.63) is 138 Å². The summed E-state index contributed by atoms with van der Waals surface area (Å²) in [6.07, 6.45) is 2.88. The van der Waals surface area contributed by atoms with Crippen LogP contribution in [0, 0.1) is 0 Å². The van der Waals surface area contributed by atoms with Gasteiger partial charge in [-0.2, -0.15) is 0 Å². The van der Waals surface area contributed by atoms with Crippen LogP contribution in [0.4, 0.5) is 11.4 Å². The number of anilines is 2. The molecule has 0 unspecified atom stereocenters. The predicted molar refractivity (Wildman–Crippen MR) is 158 cm³/mol. The van der Waals surface area contributed by atoms with Gasteiger partial charge in [0.05, 0.1) is 21.8 Å². The molecule has 2 aliphatic carbocycles. The maximum atomic E-state index is 13.8. The van der Waals surface area contributed by atoms with Crippen molar-refractivity contribution in [2.45, 2.75) is 0 Å². The molecule has 192 valence electrons. The second-order valence-corrected chi connectivity index (χ2v) is 9.85. The molecule has 0 saturated carbocycles. The number of ether oxygens (including phenoxy) is 2. The van der Waals surface area contributed by atoms with Crippen LogP contribution in [0.2, 0.25) is 0 Å². The van der Waals surface area contributed by atoms with E-state index in [1.807, 2.05) is 97.1 Å². The van der Waals surface area contributed by atoms with Crippen LogP contribution in [0.1, 0.15) is 31.8 Å². The molecular weight excluding hydrogens is 522 g/mol. The summed E-state index contributed by atoms with van der Waals surface area (Å²) in [5, 5.41) is 4.82. The highest BCUT2D eigenvalue weighted by Crippen LogP contribution is 2.49. The average molecular weight is 542 g/mol. The van der Waals surface area contributed by atoms with Gasteiger partial charge >= 0.3 is 0 Å². The van der Waals surface area contributed by atoms with Crippen LogP contribution in [0.15, 0.2) is 115 Å². The molecule has 7 rings (SSSR count). The highest BCUT2D eigenvalue weighted by molar-refractivity contribution is 6.54. The fourth-order valence-electron chi connectivity index (χ4n) is 5.20. The minimum Gasteiger partial charge on any atom is -0.457 e. The Morgan fingerprint density at radius 3 is 1.85 bits per heavy atom. The van der Waals surface area contributed by atoms with E-state index in [2.05, 4.69) is 5.32 Å². The second kappa shape index (κ2) is 9.56. The van der Waals surface area contributed by atoms with Gasteiger partial charge in [-0.05, 0) is 48.5 Å². The standard InChI is InChI=1S/C34H20ClNO4/c35-25-18-27(37)33-26(36-20-10-4-1-5-11-20)16-24-29(39-21-12-6-2-7-13-21)19-28(38)34-30(17-23(25)31(33)32(24)34)40-22-14-8-3-9-15-22/h1-19,36H. The Morgan fingerprint density at radius 1 is 0.600 bits per heavy atom. The number of carbonyl (C=O) groups excluding carboxylic acids is 2. The van der Waals surface area contributed by atoms with E-state index in [1.54, 1.807) is 6.07 Å². The zero-order chi connectivity index (χ0) is 27.2. The van der Waals surface area contributed by atoms with Crippen LogP contribution in [0.3, 0.4) is 0 Å². The van der Waals surface area contributed by atoms with E-state index in [-0.39, 0.29) is 16.6 Å². The van der Waals surface area contributed by atoms with Crippen molar-refractivity contribution in [1.29, 1.82) is 0 Å². The number of allylic oxidation sites excluding steroid dienone is 2. The van der Waals surface area contributed by atoms with Crippen LogP contribution in [0.5, 0.6) is 17.2 Å². The van der Waals surface area contributed by atoms with Crippen LogP contribution in [0.25, 0.3) is 21.6 Å². The Bertz CT molecular complexity index is 1900. The summed E-state index contributed by atoms with van der Waals surface area (Å²) < 4.78 is 12.5. The quantitative estimate of drug-likeness (QED) is 0.233. The van der Waals surface area contributed by atoms with Gasteiger partial charge in [-0.25, -0.2) is 0 Å². The summed E-state index contributed by atoms with van der Waals surface area (Å²) >= 11 is 6.70. The van der Waals surface area contributed by atoms with Gasteiger partial charge in [-0.3, -0.25) is 9.59 Å². The smallest absolute Gasteiger partial charge is 0.193 e. The minimum atomic E-state index is -0.288. The molecule has 2 aliphatic rings. The van der Waals surface area contributed by atoms with Crippen LogP contribution in [-0.2, 0) is 0 Å². The number of hydrogen-bond donors (Lipinski definition) is 1. The van der Waals surface area contributed by atoms with E-state index in [0.717, 1.165) is 5.69 Å². The molecule has 0 saturated heterocycles. The zero-order valence-corrected chi connectivity index (χ0v) is 21.7. The van der Waals surface area contributed by atoms with E-state index in [0.29, 0.717) is 61.7 Å². The molecule has 0 atom stereocenters. The first-order valence-corrected chi connectivity index (χ1v) is 13.1. The van der Waals surface area contributed by atoms with Gasteiger partial charge in [0.15, 0.2) is 11.6 Å². The number of ketones is 2. The average Bonchev–Trinajstić information content (AvgIpc) is 2.96. The number of hydrogen-bond acceptors (Lipinski definition) is 5. The normalized spacial score (nSPS) is 13.5. The number of benzene rings is 5. The molecule has 0 amide bonds. The lowest BCUT2D eigenvalue weighted by Gasteiger charge is -2.27. The van der Waals surface area contributed by atoms with Crippen molar-refractivity contribution in [1.82, 2.24) is 0 Å². The molecule has 1 N–H and O–H groups in total.